The van der Waals surface area contributed by atoms with Gasteiger partial charge in [0.2, 0.25) is 5.91 Å². The van der Waals surface area contributed by atoms with Gasteiger partial charge in [0, 0.05) is 18.7 Å². The number of halogens is 2. The highest BCUT2D eigenvalue weighted by atomic mass is 32.1. The van der Waals surface area contributed by atoms with Crippen LogP contribution in [-0.2, 0) is 4.79 Å². The Hall–Kier alpha value is -1.76. The lowest BCUT2D eigenvalue weighted by Crippen LogP contribution is -2.33. The van der Waals surface area contributed by atoms with E-state index in [1.54, 1.807) is 0 Å². The van der Waals surface area contributed by atoms with Gasteiger partial charge in [0.15, 0.2) is 11.6 Å². The summed E-state index contributed by atoms with van der Waals surface area (Å²) in [4.78, 5) is 12.7. The van der Waals surface area contributed by atoms with Crippen LogP contribution < -0.4 is 16.0 Å². The third-order valence-corrected chi connectivity index (χ3v) is 3.15. The minimum atomic E-state index is -1.07. The molecule has 1 saturated heterocycles. The van der Waals surface area contributed by atoms with Gasteiger partial charge in [0.05, 0.1) is 12.2 Å². The first-order chi connectivity index (χ1) is 9.00. The summed E-state index contributed by atoms with van der Waals surface area (Å²) < 4.78 is 27.8. The van der Waals surface area contributed by atoms with Gasteiger partial charge in [0.25, 0.3) is 0 Å². The molecule has 7 heteroatoms. The summed E-state index contributed by atoms with van der Waals surface area (Å²) >= 11 is 4.64. The second-order valence-corrected chi connectivity index (χ2v) is 4.69. The predicted molar refractivity (Wildman–Crippen MR) is 72.1 cm³/mol. The summed E-state index contributed by atoms with van der Waals surface area (Å²) in [6.07, 6.45) is 0.670. The second kappa shape index (κ2) is 5.48. The largest absolute Gasteiger partial charge is 0.389 e. The molecule has 0 atom stereocenters. The van der Waals surface area contributed by atoms with Crippen LogP contribution in [0, 0.1) is 11.6 Å². The van der Waals surface area contributed by atoms with Gasteiger partial charge >= 0.3 is 0 Å². The van der Waals surface area contributed by atoms with Crippen molar-refractivity contribution in [1.82, 2.24) is 5.32 Å². The molecule has 19 heavy (non-hydrogen) atoms. The van der Waals surface area contributed by atoms with E-state index >= 15 is 0 Å². The number of amides is 1. The highest BCUT2D eigenvalue weighted by Crippen LogP contribution is 2.24. The van der Waals surface area contributed by atoms with Crippen molar-refractivity contribution in [2.45, 2.75) is 6.42 Å². The molecular formula is C12H13F2N3OS. The highest BCUT2D eigenvalue weighted by Gasteiger charge is 2.22. The normalized spacial score (nSPS) is 15.9. The van der Waals surface area contributed by atoms with Crippen LogP contribution in [0.4, 0.5) is 14.5 Å². The quantitative estimate of drug-likeness (QED) is 0.794. The summed E-state index contributed by atoms with van der Waals surface area (Å²) in [6.45, 7) is 1.01. The van der Waals surface area contributed by atoms with E-state index < -0.39 is 11.6 Å². The number of rotatable bonds is 2. The zero-order chi connectivity index (χ0) is 14.0. The van der Waals surface area contributed by atoms with E-state index in [-0.39, 0.29) is 28.7 Å². The van der Waals surface area contributed by atoms with Crippen LogP contribution in [-0.4, -0.2) is 30.5 Å². The summed E-state index contributed by atoms with van der Waals surface area (Å²) in [5.41, 5.74) is 5.23. The number of anilines is 1. The van der Waals surface area contributed by atoms with E-state index in [9.17, 15) is 13.6 Å². The molecule has 1 heterocycles. The Kier molecular flexibility index (Phi) is 3.94. The van der Waals surface area contributed by atoms with E-state index in [4.69, 9.17) is 5.73 Å². The van der Waals surface area contributed by atoms with Crippen LogP contribution in [0.1, 0.15) is 12.0 Å². The average molecular weight is 285 g/mol. The topological polar surface area (TPSA) is 58.4 Å². The van der Waals surface area contributed by atoms with E-state index in [0.29, 0.717) is 19.5 Å². The predicted octanol–water partition coefficient (Wildman–Crippen LogP) is 0.925. The zero-order valence-corrected chi connectivity index (χ0v) is 10.9. The summed E-state index contributed by atoms with van der Waals surface area (Å²) in [5, 5.41) is 2.67. The molecule has 2 rings (SSSR count). The molecule has 0 radical (unpaired) electrons. The molecule has 0 bridgehead atoms. The molecule has 0 unspecified atom stereocenters. The molecule has 3 N–H and O–H groups in total. The molecule has 102 valence electrons. The third kappa shape index (κ3) is 2.81. The first-order valence-electron chi connectivity index (χ1n) is 5.80. The molecule has 0 aliphatic carbocycles. The molecule has 1 fully saturated rings. The van der Waals surface area contributed by atoms with Crippen molar-refractivity contribution < 1.29 is 13.6 Å². The maximum Gasteiger partial charge on any atom is 0.239 e. The fourth-order valence-electron chi connectivity index (χ4n) is 1.99. The van der Waals surface area contributed by atoms with Crippen molar-refractivity contribution in [3.05, 3.63) is 29.3 Å². The number of hydrogen-bond donors (Lipinski definition) is 2. The third-order valence-electron chi connectivity index (χ3n) is 2.93. The smallest absolute Gasteiger partial charge is 0.239 e. The van der Waals surface area contributed by atoms with Crippen molar-refractivity contribution in [1.29, 1.82) is 0 Å². The molecule has 0 saturated carbocycles. The Morgan fingerprint density at radius 2 is 2.11 bits per heavy atom. The number of carbonyl (C=O) groups excluding carboxylic acids is 1. The van der Waals surface area contributed by atoms with Gasteiger partial charge in [-0.3, -0.25) is 4.79 Å². The fraction of sp³-hybridized carbons (Fsp3) is 0.333. The van der Waals surface area contributed by atoms with E-state index in [2.05, 4.69) is 17.5 Å². The Morgan fingerprint density at radius 1 is 1.37 bits per heavy atom. The van der Waals surface area contributed by atoms with E-state index in [0.717, 1.165) is 0 Å². The number of nitrogens with zero attached hydrogens (tertiary/aromatic N) is 1. The number of nitrogens with two attached hydrogens (primary N) is 1. The summed E-state index contributed by atoms with van der Waals surface area (Å²) in [7, 11) is 0. The van der Waals surface area contributed by atoms with Crippen LogP contribution in [0.15, 0.2) is 12.1 Å². The number of carbonyl (C=O) groups is 1. The lowest BCUT2D eigenvalue weighted by Gasteiger charge is -2.22. The molecule has 1 amide bonds. The van der Waals surface area contributed by atoms with Gasteiger partial charge in [-0.2, -0.15) is 0 Å². The molecule has 1 aliphatic heterocycles. The van der Waals surface area contributed by atoms with E-state index in [1.807, 2.05) is 0 Å². The SMILES string of the molecule is NC(=S)c1ccc(N2CCCNC(=O)C2)c(F)c1F. The van der Waals surface area contributed by atoms with Crippen molar-refractivity contribution in [2.75, 3.05) is 24.5 Å². The molecule has 1 aromatic rings. The fourth-order valence-corrected chi connectivity index (χ4v) is 2.14. The van der Waals surface area contributed by atoms with Gasteiger partial charge in [-0.05, 0) is 18.6 Å². The number of thiocarbonyl (C=S) groups is 1. The maximum atomic E-state index is 14.0. The van der Waals surface area contributed by atoms with Crippen molar-refractivity contribution in [3.8, 4) is 0 Å². The first kappa shape index (κ1) is 13.7. The van der Waals surface area contributed by atoms with Crippen LogP contribution >= 0.6 is 12.2 Å². The van der Waals surface area contributed by atoms with Crippen LogP contribution in [0.2, 0.25) is 0 Å². The maximum absolute atomic E-state index is 14.0. The van der Waals surface area contributed by atoms with Gasteiger partial charge in [-0.15, -0.1) is 0 Å². The van der Waals surface area contributed by atoms with Gasteiger partial charge in [-0.1, -0.05) is 12.2 Å². The standard InChI is InChI=1S/C12H13F2N3OS/c13-10-7(12(15)19)2-3-8(11(10)14)17-5-1-4-16-9(18)6-17/h2-3H,1,4-6H2,(H2,15,19)(H,16,18). The molecule has 4 nitrogen and oxygen atoms in total. The van der Waals surface area contributed by atoms with E-state index in [1.165, 1.54) is 17.0 Å². The Labute approximate surface area is 114 Å². The van der Waals surface area contributed by atoms with Gasteiger partial charge in [-0.25, -0.2) is 8.78 Å². The van der Waals surface area contributed by atoms with Crippen molar-refractivity contribution in [2.24, 2.45) is 5.73 Å². The van der Waals surface area contributed by atoms with Gasteiger partial charge in [0.1, 0.15) is 4.99 Å². The second-order valence-electron chi connectivity index (χ2n) is 4.25. The average Bonchev–Trinajstić information content (AvgIpc) is 2.56. The molecule has 1 aromatic carbocycles. The number of benzene rings is 1. The monoisotopic (exact) mass is 285 g/mol. The number of nitrogens with one attached hydrogen (secondary N) is 1. The summed E-state index contributed by atoms with van der Waals surface area (Å²) in [6, 6.07) is 2.73. The number of hydrogen-bond acceptors (Lipinski definition) is 3. The lowest BCUT2D eigenvalue weighted by atomic mass is 10.1. The summed E-state index contributed by atoms with van der Waals surface area (Å²) in [5.74, 6) is -2.31. The lowest BCUT2D eigenvalue weighted by molar-refractivity contribution is -0.119. The van der Waals surface area contributed by atoms with Crippen molar-refractivity contribution in [3.63, 3.8) is 0 Å². The van der Waals surface area contributed by atoms with Crippen LogP contribution in [0.5, 0.6) is 0 Å². The Morgan fingerprint density at radius 3 is 2.79 bits per heavy atom. The van der Waals surface area contributed by atoms with Crippen LogP contribution in [0.3, 0.4) is 0 Å². The molecule has 1 aliphatic rings. The van der Waals surface area contributed by atoms with Crippen molar-refractivity contribution >= 4 is 28.8 Å². The highest BCUT2D eigenvalue weighted by molar-refractivity contribution is 7.80. The first-order valence-corrected chi connectivity index (χ1v) is 6.21. The Balaban J connectivity index is 2.37. The molecule has 0 aromatic heterocycles. The Bertz CT molecular complexity index is 536. The minimum Gasteiger partial charge on any atom is -0.389 e. The minimum absolute atomic E-state index is 0.00276. The van der Waals surface area contributed by atoms with Crippen LogP contribution in [0.25, 0.3) is 0 Å². The molecular weight excluding hydrogens is 272 g/mol. The van der Waals surface area contributed by atoms with Gasteiger partial charge < -0.3 is 16.0 Å². The molecule has 0 spiro atoms. The zero-order valence-electron chi connectivity index (χ0n) is 10.1.